The molecule has 1 fully saturated rings. The maximum absolute atomic E-state index is 12.9. The van der Waals surface area contributed by atoms with Crippen LogP contribution in [0.15, 0.2) is 23.8 Å². The lowest BCUT2D eigenvalue weighted by molar-refractivity contribution is 0.514. The summed E-state index contributed by atoms with van der Waals surface area (Å²) in [6.45, 7) is 0. The maximum atomic E-state index is 12.9. The molecule has 16 heavy (non-hydrogen) atoms. The van der Waals surface area contributed by atoms with Crippen LogP contribution in [0.5, 0.6) is 0 Å². The first kappa shape index (κ1) is 11.6. The molecule has 0 amide bonds. The van der Waals surface area contributed by atoms with Gasteiger partial charge in [0.15, 0.2) is 0 Å². The minimum absolute atomic E-state index is 0.294. The maximum Gasteiger partial charge on any atom is 0.124 e. The zero-order chi connectivity index (χ0) is 11.5. The van der Waals surface area contributed by atoms with Crippen LogP contribution in [0.2, 0.25) is 5.02 Å². The Kier molecular flexibility index (Phi) is 3.62. The summed E-state index contributed by atoms with van der Waals surface area (Å²) < 4.78 is 12.9. The van der Waals surface area contributed by atoms with Crippen LogP contribution < -0.4 is 5.73 Å². The Bertz CT molecular complexity index is 404. The van der Waals surface area contributed by atoms with Crippen LogP contribution in [0, 0.1) is 5.82 Å². The first-order valence-electron chi connectivity index (χ1n) is 5.55. The Balaban J connectivity index is 2.16. The van der Waals surface area contributed by atoms with Gasteiger partial charge in [-0.3, -0.25) is 0 Å². The summed E-state index contributed by atoms with van der Waals surface area (Å²) in [5.41, 5.74) is 8.09. The zero-order valence-corrected chi connectivity index (χ0v) is 9.80. The molecular weight excluding hydrogens is 225 g/mol. The van der Waals surface area contributed by atoms with Crippen molar-refractivity contribution in [3.63, 3.8) is 0 Å². The van der Waals surface area contributed by atoms with Gasteiger partial charge < -0.3 is 5.73 Å². The summed E-state index contributed by atoms with van der Waals surface area (Å²) in [6.07, 6.45) is 6.17. The normalized spacial score (nSPS) is 20.9. The van der Waals surface area contributed by atoms with Crippen molar-refractivity contribution in [3.8, 4) is 0 Å². The second kappa shape index (κ2) is 4.98. The van der Waals surface area contributed by atoms with Gasteiger partial charge in [0.1, 0.15) is 5.82 Å². The van der Waals surface area contributed by atoms with Gasteiger partial charge in [0.2, 0.25) is 0 Å². The van der Waals surface area contributed by atoms with Crippen LogP contribution >= 0.6 is 11.6 Å². The summed E-state index contributed by atoms with van der Waals surface area (Å²) in [5.74, 6) is -0.294. The highest BCUT2D eigenvalue weighted by atomic mass is 35.5. The molecule has 2 N–H and O–H groups in total. The molecule has 0 bridgehead atoms. The first-order valence-corrected chi connectivity index (χ1v) is 5.93. The van der Waals surface area contributed by atoms with Gasteiger partial charge in [-0.15, -0.1) is 0 Å². The monoisotopic (exact) mass is 239 g/mol. The van der Waals surface area contributed by atoms with Crippen molar-refractivity contribution in [3.05, 3.63) is 40.2 Å². The SMILES string of the molecule is NC1CCC(=Cc2ccc(F)cc2Cl)CC1. The van der Waals surface area contributed by atoms with Crippen molar-refractivity contribution in [2.24, 2.45) is 5.73 Å². The number of hydrogen-bond donors (Lipinski definition) is 1. The van der Waals surface area contributed by atoms with E-state index in [1.807, 2.05) is 0 Å². The van der Waals surface area contributed by atoms with Gasteiger partial charge in [-0.2, -0.15) is 0 Å². The van der Waals surface area contributed by atoms with Crippen molar-refractivity contribution in [2.45, 2.75) is 31.7 Å². The fourth-order valence-corrected chi connectivity index (χ4v) is 2.22. The van der Waals surface area contributed by atoms with E-state index in [1.165, 1.54) is 17.7 Å². The second-order valence-electron chi connectivity index (χ2n) is 4.31. The lowest BCUT2D eigenvalue weighted by Gasteiger charge is -2.20. The Labute approximate surface area is 100 Å². The van der Waals surface area contributed by atoms with Crippen LogP contribution in [-0.2, 0) is 0 Å². The molecule has 0 atom stereocenters. The van der Waals surface area contributed by atoms with Gasteiger partial charge in [0.25, 0.3) is 0 Å². The van der Waals surface area contributed by atoms with Crippen LogP contribution in [-0.4, -0.2) is 6.04 Å². The predicted octanol–water partition coefficient (Wildman–Crippen LogP) is 3.76. The van der Waals surface area contributed by atoms with E-state index in [-0.39, 0.29) is 5.82 Å². The molecule has 1 saturated carbocycles. The van der Waals surface area contributed by atoms with Gasteiger partial charge in [-0.25, -0.2) is 4.39 Å². The average molecular weight is 240 g/mol. The van der Waals surface area contributed by atoms with E-state index in [4.69, 9.17) is 17.3 Å². The fourth-order valence-electron chi connectivity index (χ4n) is 1.99. The van der Waals surface area contributed by atoms with Crippen LogP contribution in [0.25, 0.3) is 6.08 Å². The number of hydrogen-bond acceptors (Lipinski definition) is 1. The molecule has 86 valence electrons. The smallest absolute Gasteiger partial charge is 0.124 e. The van der Waals surface area contributed by atoms with Crippen LogP contribution in [0.1, 0.15) is 31.2 Å². The van der Waals surface area contributed by atoms with Crippen LogP contribution in [0.3, 0.4) is 0 Å². The van der Waals surface area contributed by atoms with Crippen molar-refractivity contribution < 1.29 is 4.39 Å². The summed E-state index contributed by atoms with van der Waals surface area (Å²) >= 11 is 5.97. The molecule has 0 saturated heterocycles. The topological polar surface area (TPSA) is 26.0 Å². The van der Waals surface area contributed by atoms with E-state index in [0.29, 0.717) is 11.1 Å². The van der Waals surface area contributed by atoms with Gasteiger partial charge in [0.05, 0.1) is 5.02 Å². The third-order valence-electron chi connectivity index (χ3n) is 2.99. The molecule has 3 heteroatoms. The highest BCUT2D eigenvalue weighted by Gasteiger charge is 2.12. The molecule has 1 aliphatic carbocycles. The van der Waals surface area contributed by atoms with E-state index in [1.54, 1.807) is 6.07 Å². The summed E-state index contributed by atoms with van der Waals surface area (Å²) in [5, 5.41) is 0.474. The summed E-state index contributed by atoms with van der Waals surface area (Å²) in [6, 6.07) is 4.84. The van der Waals surface area contributed by atoms with Gasteiger partial charge in [-0.1, -0.05) is 29.3 Å². The predicted molar refractivity (Wildman–Crippen MR) is 65.8 cm³/mol. The molecule has 1 aromatic rings. The number of allylic oxidation sites excluding steroid dienone is 1. The minimum Gasteiger partial charge on any atom is -0.328 e. The quantitative estimate of drug-likeness (QED) is 0.793. The van der Waals surface area contributed by atoms with E-state index in [2.05, 4.69) is 6.08 Å². The Hall–Kier alpha value is -0.860. The van der Waals surface area contributed by atoms with Gasteiger partial charge in [0, 0.05) is 6.04 Å². The van der Waals surface area contributed by atoms with E-state index >= 15 is 0 Å². The van der Waals surface area contributed by atoms with E-state index < -0.39 is 0 Å². The number of nitrogens with two attached hydrogens (primary N) is 1. The highest BCUT2D eigenvalue weighted by Crippen LogP contribution is 2.27. The summed E-state index contributed by atoms with van der Waals surface area (Å²) in [7, 11) is 0. The molecule has 1 aromatic carbocycles. The molecule has 0 heterocycles. The Morgan fingerprint density at radius 2 is 2.00 bits per heavy atom. The van der Waals surface area contributed by atoms with E-state index in [9.17, 15) is 4.39 Å². The fraction of sp³-hybridized carbons (Fsp3) is 0.385. The molecule has 0 spiro atoms. The Morgan fingerprint density at radius 3 is 2.62 bits per heavy atom. The highest BCUT2D eigenvalue weighted by molar-refractivity contribution is 6.32. The molecule has 1 nitrogen and oxygen atoms in total. The molecule has 0 aromatic heterocycles. The number of halogens is 2. The number of benzene rings is 1. The molecule has 0 radical (unpaired) electrons. The van der Waals surface area contributed by atoms with Crippen molar-refractivity contribution >= 4 is 17.7 Å². The van der Waals surface area contributed by atoms with Crippen LogP contribution in [0.4, 0.5) is 4.39 Å². The molecule has 2 rings (SSSR count). The third-order valence-corrected chi connectivity index (χ3v) is 3.32. The van der Waals surface area contributed by atoms with Crippen molar-refractivity contribution in [2.75, 3.05) is 0 Å². The van der Waals surface area contributed by atoms with Crippen molar-refractivity contribution in [1.82, 2.24) is 0 Å². The zero-order valence-electron chi connectivity index (χ0n) is 9.05. The minimum atomic E-state index is -0.294. The van der Waals surface area contributed by atoms with E-state index in [0.717, 1.165) is 31.2 Å². The van der Waals surface area contributed by atoms with Gasteiger partial charge in [-0.05, 0) is 43.4 Å². The molecule has 0 unspecified atom stereocenters. The molecule has 0 aliphatic heterocycles. The summed E-state index contributed by atoms with van der Waals surface area (Å²) in [4.78, 5) is 0. The second-order valence-corrected chi connectivity index (χ2v) is 4.71. The third kappa shape index (κ3) is 2.83. The molecule has 1 aliphatic rings. The lowest BCUT2D eigenvalue weighted by atomic mass is 9.90. The van der Waals surface area contributed by atoms with Crippen molar-refractivity contribution in [1.29, 1.82) is 0 Å². The standard InChI is InChI=1S/C13H15ClFN/c14-13-8-11(15)4-3-10(13)7-9-1-5-12(16)6-2-9/h3-4,7-8,12H,1-2,5-6,16H2. The van der Waals surface area contributed by atoms with Gasteiger partial charge >= 0.3 is 0 Å². The molecular formula is C13H15ClFN. The largest absolute Gasteiger partial charge is 0.328 e. The number of rotatable bonds is 1. The average Bonchev–Trinajstić information content (AvgIpc) is 2.25. The first-order chi connectivity index (χ1) is 7.65. The lowest BCUT2D eigenvalue weighted by Crippen LogP contribution is -2.23. The Morgan fingerprint density at radius 1 is 1.31 bits per heavy atom.